The number of nitrogens with one attached hydrogen (secondary N) is 1. The van der Waals surface area contributed by atoms with E-state index in [0.717, 1.165) is 11.4 Å². The fourth-order valence-corrected chi connectivity index (χ4v) is 1.70. The van der Waals surface area contributed by atoms with Gasteiger partial charge in [0.2, 0.25) is 0 Å². The molecule has 0 aliphatic carbocycles. The Labute approximate surface area is 117 Å². The van der Waals surface area contributed by atoms with E-state index >= 15 is 0 Å². The van der Waals surface area contributed by atoms with Gasteiger partial charge in [0, 0.05) is 0 Å². The molecule has 0 radical (unpaired) electrons. The maximum Gasteiger partial charge on any atom is 0.141 e. The number of rotatable bonds is 4. The third-order valence-corrected chi connectivity index (χ3v) is 3.50. The minimum atomic E-state index is -0.789. The van der Waals surface area contributed by atoms with E-state index in [9.17, 15) is 5.11 Å². The summed E-state index contributed by atoms with van der Waals surface area (Å²) in [6.45, 7) is 12.1. The molecule has 0 aliphatic heterocycles. The van der Waals surface area contributed by atoms with Gasteiger partial charge in [-0.2, -0.15) is 0 Å². The first-order chi connectivity index (χ1) is 8.55. The molecule has 0 amide bonds. The van der Waals surface area contributed by atoms with Crippen molar-refractivity contribution in [2.75, 3.05) is 12.4 Å². The molecule has 1 aromatic carbocycles. The van der Waals surface area contributed by atoms with Gasteiger partial charge in [0.05, 0.1) is 24.4 Å². The third-order valence-electron chi connectivity index (χ3n) is 3.50. The molecule has 1 rings (SSSR count). The van der Waals surface area contributed by atoms with Crippen LogP contribution in [0.1, 0.15) is 47.1 Å². The van der Waals surface area contributed by atoms with E-state index in [-0.39, 0.29) is 11.5 Å². The first kappa shape index (κ1) is 15.8. The molecule has 0 bridgehead atoms. The zero-order valence-corrected chi connectivity index (χ0v) is 13.2. The monoisotopic (exact) mass is 265 g/mol. The normalized spacial score (nSPS) is 14.1. The van der Waals surface area contributed by atoms with Gasteiger partial charge in [-0.1, -0.05) is 26.8 Å². The first-order valence-corrected chi connectivity index (χ1v) is 6.73. The van der Waals surface area contributed by atoms with Gasteiger partial charge in [-0.3, -0.25) is 0 Å². The third kappa shape index (κ3) is 4.13. The highest BCUT2D eigenvalue weighted by molar-refractivity contribution is 5.59. The molecular formula is C16H27NO2. The average molecular weight is 265 g/mol. The van der Waals surface area contributed by atoms with Crippen molar-refractivity contribution >= 4 is 5.69 Å². The number of methoxy groups -OCH3 is 1. The van der Waals surface area contributed by atoms with Crippen LogP contribution in [0.2, 0.25) is 0 Å². The van der Waals surface area contributed by atoms with Crippen molar-refractivity contribution in [3.8, 4) is 5.75 Å². The predicted octanol–water partition coefficient (Wildman–Crippen LogP) is 3.56. The molecule has 0 saturated carbocycles. The van der Waals surface area contributed by atoms with Crippen LogP contribution >= 0.6 is 0 Å². The molecule has 0 aliphatic rings. The smallest absolute Gasteiger partial charge is 0.141 e. The first-order valence-electron chi connectivity index (χ1n) is 6.73. The maximum absolute atomic E-state index is 10.0. The van der Waals surface area contributed by atoms with E-state index in [4.69, 9.17) is 4.74 Å². The van der Waals surface area contributed by atoms with Gasteiger partial charge >= 0.3 is 0 Å². The summed E-state index contributed by atoms with van der Waals surface area (Å²) in [7, 11) is 1.66. The van der Waals surface area contributed by atoms with Crippen LogP contribution in [-0.2, 0) is 5.41 Å². The van der Waals surface area contributed by atoms with Gasteiger partial charge in [-0.15, -0.1) is 0 Å². The Morgan fingerprint density at radius 2 is 1.74 bits per heavy atom. The topological polar surface area (TPSA) is 41.5 Å². The van der Waals surface area contributed by atoms with E-state index in [0.29, 0.717) is 0 Å². The van der Waals surface area contributed by atoms with Crippen LogP contribution in [0.15, 0.2) is 18.2 Å². The van der Waals surface area contributed by atoms with E-state index in [1.807, 2.05) is 13.0 Å². The van der Waals surface area contributed by atoms with Crippen LogP contribution in [0.4, 0.5) is 5.69 Å². The van der Waals surface area contributed by atoms with Crippen LogP contribution < -0.4 is 10.1 Å². The van der Waals surface area contributed by atoms with Gasteiger partial charge < -0.3 is 15.2 Å². The lowest BCUT2D eigenvalue weighted by Gasteiger charge is -2.29. The van der Waals surface area contributed by atoms with E-state index in [1.54, 1.807) is 21.0 Å². The minimum Gasteiger partial charge on any atom is -0.495 e. The van der Waals surface area contributed by atoms with Crippen molar-refractivity contribution in [2.45, 2.75) is 58.6 Å². The Morgan fingerprint density at radius 1 is 1.16 bits per heavy atom. The zero-order valence-electron chi connectivity index (χ0n) is 13.2. The fourth-order valence-electron chi connectivity index (χ4n) is 1.70. The van der Waals surface area contributed by atoms with Crippen molar-refractivity contribution in [3.05, 3.63) is 23.8 Å². The highest BCUT2D eigenvalue weighted by Gasteiger charge is 2.24. The molecule has 0 spiro atoms. The van der Waals surface area contributed by atoms with Crippen molar-refractivity contribution in [2.24, 2.45) is 0 Å². The molecular weight excluding hydrogens is 238 g/mol. The Morgan fingerprint density at radius 3 is 2.16 bits per heavy atom. The molecule has 108 valence electrons. The number of anilines is 1. The molecule has 1 atom stereocenters. The van der Waals surface area contributed by atoms with Crippen LogP contribution in [-0.4, -0.2) is 23.9 Å². The summed E-state index contributed by atoms with van der Waals surface area (Å²) < 4.78 is 5.38. The lowest BCUT2D eigenvalue weighted by atomic mass is 9.86. The summed E-state index contributed by atoms with van der Waals surface area (Å²) in [6.07, 6.45) is 0. The Hall–Kier alpha value is -1.22. The van der Waals surface area contributed by atoms with Gasteiger partial charge in [-0.05, 0) is 43.9 Å². The van der Waals surface area contributed by atoms with Crippen molar-refractivity contribution in [3.63, 3.8) is 0 Å². The fraction of sp³-hybridized carbons (Fsp3) is 0.625. The molecule has 1 unspecified atom stereocenters. The standard InChI is InChI=1S/C16H27NO2/c1-11(16(5,6)18)17-13-10-12(15(2,3)4)8-9-14(13)19-7/h8-11,17-18H,1-7H3. The SMILES string of the molecule is COc1ccc(C(C)(C)C)cc1NC(C)C(C)(C)O. The van der Waals surface area contributed by atoms with E-state index in [1.165, 1.54) is 5.56 Å². The maximum atomic E-state index is 10.0. The van der Waals surface area contributed by atoms with Crippen LogP contribution in [0, 0.1) is 0 Å². The van der Waals surface area contributed by atoms with Crippen molar-refractivity contribution in [1.29, 1.82) is 0 Å². The molecule has 0 aromatic heterocycles. The largest absolute Gasteiger partial charge is 0.495 e. The second-order valence-electron chi connectivity index (χ2n) is 6.68. The molecule has 3 heteroatoms. The Balaban J connectivity index is 3.10. The van der Waals surface area contributed by atoms with Crippen molar-refractivity contribution in [1.82, 2.24) is 0 Å². The van der Waals surface area contributed by atoms with Gasteiger partial charge in [0.1, 0.15) is 5.75 Å². The number of benzene rings is 1. The number of hydrogen-bond acceptors (Lipinski definition) is 3. The quantitative estimate of drug-likeness (QED) is 0.874. The molecule has 3 nitrogen and oxygen atoms in total. The lowest BCUT2D eigenvalue weighted by Crippen LogP contribution is -2.39. The highest BCUT2D eigenvalue weighted by Crippen LogP contribution is 2.32. The number of hydrogen-bond donors (Lipinski definition) is 2. The molecule has 0 fully saturated rings. The average Bonchev–Trinajstić information content (AvgIpc) is 2.26. The predicted molar refractivity (Wildman–Crippen MR) is 81.1 cm³/mol. The summed E-state index contributed by atoms with van der Waals surface area (Å²) in [6, 6.07) is 6.08. The van der Waals surface area contributed by atoms with Gasteiger partial charge in [0.25, 0.3) is 0 Å². The molecule has 1 aromatic rings. The van der Waals surface area contributed by atoms with Gasteiger partial charge in [-0.25, -0.2) is 0 Å². The zero-order chi connectivity index (χ0) is 14.8. The van der Waals surface area contributed by atoms with E-state index in [2.05, 4.69) is 38.2 Å². The second-order valence-corrected chi connectivity index (χ2v) is 6.68. The highest BCUT2D eigenvalue weighted by atomic mass is 16.5. The number of aliphatic hydroxyl groups is 1. The van der Waals surface area contributed by atoms with Crippen LogP contribution in [0.5, 0.6) is 5.75 Å². The summed E-state index contributed by atoms with van der Waals surface area (Å²) in [5, 5.41) is 13.4. The van der Waals surface area contributed by atoms with Crippen molar-refractivity contribution < 1.29 is 9.84 Å². The Bertz CT molecular complexity index is 427. The lowest BCUT2D eigenvalue weighted by molar-refractivity contribution is 0.0648. The Kier molecular flexibility index (Phi) is 4.51. The number of ether oxygens (including phenoxy) is 1. The summed E-state index contributed by atoms with van der Waals surface area (Å²) in [5.41, 5.74) is 1.45. The van der Waals surface area contributed by atoms with E-state index < -0.39 is 5.60 Å². The van der Waals surface area contributed by atoms with Crippen LogP contribution in [0.25, 0.3) is 0 Å². The molecule has 2 N–H and O–H groups in total. The molecule has 0 heterocycles. The molecule has 0 saturated heterocycles. The summed E-state index contributed by atoms with van der Waals surface area (Å²) in [5.74, 6) is 0.795. The minimum absolute atomic E-state index is 0.0726. The van der Waals surface area contributed by atoms with Gasteiger partial charge in [0.15, 0.2) is 0 Å². The summed E-state index contributed by atoms with van der Waals surface area (Å²) in [4.78, 5) is 0. The summed E-state index contributed by atoms with van der Waals surface area (Å²) >= 11 is 0. The molecule has 19 heavy (non-hydrogen) atoms. The second kappa shape index (κ2) is 5.41. The van der Waals surface area contributed by atoms with Crippen LogP contribution in [0.3, 0.4) is 0 Å².